The van der Waals surface area contributed by atoms with Crippen LogP contribution in [-0.2, 0) is 4.79 Å². The number of nitrogens with one attached hydrogen (secondary N) is 2. The van der Waals surface area contributed by atoms with E-state index < -0.39 is 0 Å². The maximum atomic E-state index is 12.5. The van der Waals surface area contributed by atoms with Crippen LogP contribution in [0.25, 0.3) is 11.3 Å². The Hall–Kier alpha value is -2.14. The molecule has 21 heavy (non-hydrogen) atoms. The molecule has 0 bridgehead atoms. The second-order valence-electron chi connectivity index (χ2n) is 5.71. The number of nitrogens with zero attached hydrogens (tertiary/aromatic N) is 1. The van der Waals surface area contributed by atoms with E-state index in [4.69, 9.17) is 4.42 Å². The fourth-order valence-corrected chi connectivity index (χ4v) is 2.60. The summed E-state index contributed by atoms with van der Waals surface area (Å²) >= 11 is 0. The average molecular weight is 285 g/mol. The van der Waals surface area contributed by atoms with Crippen molar-refractivity contribution in [1.82, 2.24) is 10.3 Å². The topological polar surface area (TPSA) is 67.2 Å². The Kier molecular flexibility index (Phi) is 3.75. The molecular weight excluding hydrogens is 266 g/mol. The van der Waals surface area contributed by atoms with Crippen LogP contribution in [-0.4, -0.2) is 24.0 Å². The van der Waals surface area contributed by atoms with Gasteiger partial charge in [-0.25, -0.2) is 4.98 Å². The highest BCUT2D eigenvalue weighted by Gasteiger charge is 2.34. The zero-order valence-corrected chi connectivity index (χ0v) is 12.1. The maximum absolute atomic E-state index is 12.5. The summed E-state index contributed by atoms with van der Waals surface area (Å²) in [5.74, 6) is 0.776. The first-order valence-corrected chi connectivity index (χ1v) is 7.18. The molecule has 0 unspecified atom stereocenters. The second kappa shape index (κ2) is 5.69. The van der Waals surface area contributed by atoms with Gasteiger partial charge in [0, 0.05) is 16.7 Å². The molecule has 1 aliphatic rings. The predicted molar refractivity (Wildman–Crippen MR) is 80.8 cm³/mol. The third-order valence-electron chi connectivity index (χ3n) is 4.09. The van der Waals surface area contributed by atoms with Crippen molar-refractivity contribution < 1.29 is 9.21 Å². The highest BCUT2D eigenvalue weighted by Crippen LogP contribution is 2.30. The number of carbonyl (C=O) groups excluding carboxylic acids is 1. The lowest BCUT2D eigenvalue weighted by Gasteiger charge is -2.32. The number of oxazole rings is 1. The van der Waals surface area contributed by atoms with E-state index in [1.807, 2.05) is 31.2 Å². The third-order valence-corrected chi connectivity index (χ3v) is 4.09. The molecule has 1 amide bonds. The van der Waals surface area contributed by atoms with Gasteiger partial charge in [-0.05, 0) is 38.1 Å². The van der Waals surface area contributed by atoms with Crippen molar-refractivity contribution in [1.29, 1.82) is 0 Å². The molecule has 2 aromatic rings. The van der Waals surface area contributed by atoms with Crippen LogP contribution >= 0.6 is 0 Å². The Morgan fingerprint density at radius 3 is 2.90 bits per heavy atom. The molecule has 5 nitrogen and oxygen atoms in total. The molecule has 1 aliphatic heterocycles. The number of anilines is 1. The lowest BCUT2D eigenvalue weighted by Crippen LogP contribution is -2.42. The minimum Gasteiger partial charge on any atom is -0.444 e. The van der Waals surface area contributed by atoms with Crippen molar-refractivity contribution >= 4 is 11.6 Å². The number of carbonyl (C=O) groups is 1. The van der Waals surface area contributed by atoms with Crippen LogP contribution in [0.5, 0.6) is 0 Å². The fourth-order valence-electron chi connectivity index (χ4n) is 2.60. The smallest absolute Gasteiger partial charge is 0.230 e. The van der Waals surface area contributed by atoms with E-state index in [2.05, 4.69) is 15.6 Å². The van der Waals surface area contributed by atoms with Crippen LogP contribution in [0.1, 0.15) is 19.8 Å². The molecule has 3 rings (SSSR count). The molecule has 0 radical (unpaired) electrons. The summed E-state index contributed by atoms with van der Waals surface area (Å²) in [5, 5.41) is 6.31. The van der Waals surface area contributed by atoms with E-state index in [0.717, 1.165) is 37.2 Å². The van der Waals surface area contributed by atoms with Crippen molar-refractivity contribution in [3.63, 3.8) is 0 Å². The van der Waals surface area contributed by atoms with Gasteiger partial charge in [0.05, 0.1) is 6.20 Å². The molecular formula is C16H19N3O2. The number of hydrogen-bond donors (Lipinski definition) is 2. The number of rotatable bonds is 3. The standard InChI is InChI=1S/C16H19N3O2/c1-16(5-7-17-8-6-16)15(20)19-13-4-2-3-12(9-13)14-10-18-11-21-14/h2-4,9-11,17H,5-8H2,1H3,(H,19,20). The van der Waals surface area contributed by atoms with Gasteiger partial charge in [0.2, 0.25) is 5.91 Å². The van der Waals surface area contributed by atoms with Gasteiger partial charge in [0.15, 0.2) is 12.2 Å². The first-order chi connectivity index (χ1) is 10.2. The third kappa shape index (κ3) is 2.97. The molecule has 1 saturated heterocycles. The van der Waals surface area contributed by atoms with Gasteiger partial charge in [-0.3, -0.25) is 4.79 Å². The number of hydrogen-bond acceptors (Lipinski definition) is 4. The molecule has 110 valence electrons. The highest BCUT2D eigenvalue weighted by molar-refractivity contribution is 5.95. The lowest BCUT2D eigenvalue weighted by atomic mass is 9.80. The molecule has 2 heterocycles. The molecule has 1 aromatic carbocycles. The lowest BCUT2D eigenvalue weighted by molar-refractivity contribution is -0.126. The van der Waals surface area contributed by atoms with Crippen molar-refractivity contribution in [2.75, 3.05) is 18.4 Å². The summed E-state index contributed by atoms with van der Waals surface area (Å²) in [6.07, 6.45) is 4.78. The van der Waals surface area contributed by atoms with Crippen LogP contribution < -0.4 is 10.6 Å². The van der Waals surface area contributed by atoms with Crippen molar-refractivity contribution in [3.05, 3.63) is 36.9 Å². The van der Waals surface area contributed by atoms with E-state index >= 15 is 0 Å². The van der Waals surface area contributed by atoms with Crippen LogP contribution in [0.4, 0.5) is 5.69 Å². The largest absolute Gasteiger partial charge is 0.444 e. The Labute approximate surface area is 123 Å². The zero-order chi connectivity index (χ0) is 14.7. The van der Waals surface area contributed by atoms with E-state index in [1.54, 1.807) is 6.20 Å². The Morgan fingerprint density at radius 2 is 2.19 bits per heavy atom. The van der Waals surface area contributed by atoms with Gasteiger partial charge < -0.3 is 15.1 Å². The summed E-state index contributed by atoms with van der Waals surface area (Å²) in [6, 6.07) is 7.63. The summed E-state index contributed by atoms with van der Waals surface area (Å²) in [4.78, 5) is 16.4. The van der Waals surface area contributed by atoms with Crippen molar-refractivity contribution in [2.45, 2.75) is 19.8 Å². The van der Waals surface area contributed by atoms with Gasteiger partial charge >= 0.3 is 0 Å². The van der Waals surface area contributed by atoms with Crippen molar-refractivity contribution in [2.24, 2.45) is 5.41 Å². The Morgan fingerprint density at radius 1 is 1.38 bits per heavy atom. The predicted octanol–water partition coefficient (Wildman–Crippen LogP) is 2.67. The highest BCUT2D eigenvalue weighted by atomic mass is 16.3. The monoisotopic (exact) mass is 285 g/mol. The summed E-state index contributed by atoms with van der Waals surface area (Å²) in [7, 11) is 0. The number of benzene rings is 1. The Bertz CT molecular complexity index is 616. The molecule has 1 fully saturated rings. The van der Waals surface area contributed by atoms with Gasteiger partial charge in [0.25, 0.3) is 0 Å². The van der Waals surface area contributed by atoms with E-state index in [9.17, 15) is 4.79 Å². The van der Waals surface area contributed by atoms with E-state index in [0.29, 0.717) is 5.76 Å². The molecule has 1 aromatic heterocycles. The fraction of sp³-hybridized carbons (Fsp3) is 0.375. The first kappa shape index (κ1) is 13.8. The minimum atomic E-state index is -0.298. The van der Waals surface area contributed by atoms with Crippen molar-refractivity contribution in [3.8, 4) is 11.3 Å². The summed E-state index contributed by atoms with van der Waals surface area (Å²) < 4.78 is 5.28. The van der Waals surface area contributed by atoms with Gasteiger partial charge in [0.1, 0.15) is 0 Å². The van der Waals surface area contributed by atoms with Crippen LogP contribution in [0.2, 0.25) is 0 Å². The van der Waals surface area contributed by atoms with Crippen LogP contribution in [0.15, 0.2) is 41.3 Å². The number of piperidine rings is 1. The summed E-state index contributed by atoms with van der Waals surface area (Å²) in [5.41, 5.74) is 1.39. The van der Waals surface area contributed by atoms with Gasteiger partial charge in [-0.15, -0.1) is 0 Å². The number of amides is 1. The van der Waals surface area contributed by atoms with Gasteiger partial charge in [-0.1, -0.05) is 19.1 Å². The normalized spacial score (nSPS) is 17.4. The average Bonchev–Trinajstić information content (AvgIpc) is 3.02. The van der Waals surface area contributed by atoms with E-state index in [1.165, 1.54) is 6.39 Å². The second-order valence-corrected chi connectivity index (χ2v) is 5.71. The quantitative estimate of drug-likeness (QED) is 0.910. The molecule has 0 atom stereocenters. The Balaban J connectivity index is 1.76. The van der Waals surface area contributed by atoms with E-state index in [-0.39, 0.29) is 11.3 Å². The number of aromatic nitrogens is 1. The minimum absolute atomic E-state index is 0.0821. The van der Waals surface area contributed by atoms with Gasteiger partial charge in [-0.2, -0.15) is 0 Å². The summed E-state index contributed by atoms with van der Waals surface area (Å²) in [6.45, 7) is 3.81. The molecule has 0 saturated carbocycles. The zero-order valence-electron chi connectivity index (χ0n) is 12.1. The molecule has 5 heteroatoms. The SMILES string of the molecule is CC1(C(=O)Nc2cccc(-c3cnco3)c2)CCNCC1. The van der Waals surface area contributed by atoms with Crippen LogP contribution in [0.3, 0.4) is 0 Å². The molecule has 0 aliphatic carbocycles. The maximum Gasteiger partial charge on any atom is 0.230 e. The molecule has 2 N–H and O–H groups in total. The van der Waals surface area contributed by atoms with Crippen LogP contribution in [0, 0.1) is 5.41 Å². The first-order valence-electron chi connectivity index (χ1n) is 7.18. The molecule has 0 spiro atoms.